The van der Waals surface area contributed by atoms with Crippen LogP contribution in [-0.2, 0) is 14.4 Å². The number of rotatable bonds is 2. The van der Waals surface area contributed by atoms with Gasteiger partial charge in [0.05, 0.1) is 13.7 Å². The van der Waals surface area contributed by atoms with E-state index in [0.717, 1.165) is 5.06 Å². The Morgan fingerprint density at radius 3 is 2.38 bits per heavy atom. The normalized spacial score (nSPS) is 19.3. The van der Waals surface area contributed by atoms with Gasteiger partial charge in [-0.05, 0) is 20.8 Å². The third-order valence-corrected chi connectivity index (χ3v) is 2.11. The van der Waals surface area contributed by atoms with Crippen LogP contribution in [0.3, 0.4) is 0 Å². The van der Waals surface area contributed by atoms with Crippen molar-refractivity contribution in [3.05, 3.63) is 0 Å². The minimum atomic E-state index is -0.541. The number of nitrogens with zero attached hydrogens (tertiary/aromatic N) is 2. The van der Waals surface area contributed by atoms with Crippen LogP contribution in [0.25, 0.3) is 0 Å². The highest BCUT2D eigenvalue weighted by molar-refractivity contribution is 5.89. The fourth-order valence-corrected chi connectivity index (χ4v) is 1.17. The molecular weight excluding hydrogens is 212 g/mol. The molecule has 0 spiro atoms. The highest BCUT2D eigenvalue weighted by Gasteiger charge is 2.47. The summed E-state index contributed by atoms with van der Waals surface area (Å²) < 4.78 is 5.13. The van der Waals surface area contributed by atoms with Crippen molar-refractivity contribution in [3.63, 3.8) is 0 Å². The highest BCUT2D eigenvalue weighted by atomic mass is 16.7. The Balaban J connectivity index is 2.45. The van der Waals surface area contributed by atoms with Crippen LogP contribution in [-0.4, -0.2) is 54.3 Å². The number of ether oxygens (including phenoxy) is 1. The second-order valence-electron chi connectivity index (χ2n) is 4.67. The van der Waals surface area contributed by atoms with Crippen LogP contribution in [0.5, 0.6) is 0 Å². The smallest absolute Gasteiger partial charge is 0.411 e. The predicted molar refractivity (Wildman–Crippen MR) is 56.5 cm³/mol. The maximum absolute atomic E-state index is 11.6. The third-order valence-electron chi connectivity index (χ3n) is 2.11. The summed E-state index contributed by atoms with van der Waals surface area (Å²) >= 11 is 0. The first-order valence-corrected chi connectivity index (χ1v) is 5.07. The van der Waals surface area contributed by atoms with Gasteiger partial charge in [0.2, 0.25) is 0 Å². The molecule has 0 N–H and O–H groups in total. The lowest BCUT2D eigenvalue weighted by molar-refractivity contribution is -0.168. The van der Waals surface area contributed by atoms with Crippen molar-refractivity contribution in [2.75, 3.05) is 20.7 Å². The van der Waals surface area contributed by atoms with Gasteiger partial charge in [-0.25, -0.2) is 9.86 Å². The molecule has 1 atom stereocenters. The summed E-state index contributed by atoms with van der Waals surface area (Å²) in [4.78, 5) is 29.2. The van der Waals surface area contributed by atoms with Gasteiger partial charge in [0.15, 0.2) is 0 Å². The lowest BCUT2D eigenvalue weighted by atomic mass is 10.2. The zero-order valence-electron chi connectivity index (χ0n) is 10.3. The number of carbonyl (C=O) groups is 2. The molecule has 0 aromatic heterocycles. The topological polar surface area (TPSA) is 58.8 Å². The average Bonchev–Trinajstić information content (AvgIpc) is 2.92. The summed E-state index contributed by atoms with van der Waals surface area (Å²) in [5.41, 5.74) is -0.541. The summed E-state index contributed by atoms with van der Waals surface area (Å²) in [5.74, 6) is -0.242. The van der Waals surface area contributed by atoms with Crippen molar-refractivity contribution in [2.24, 2.45) is 0 Å². The number of hydrogen-bond donors (Lipinski definition) is 0. The number of hydrogen-bond acceptors (Lipinski definition) is 4. The van der Waals surface area contributed by atoms with Crippen molar-refractivity contribution >= 4 is 12.0 Å². The van der Waals surface area contributed by atoms with Crippen molar-refractivity contribution in [1.29, 1.82) is 0 Å². The standard InChI is InChI=1S/C10H18N2O4/c1-10(2,3)16-9(14)12-6-7(12)8(13)11(4)15-5/h7H,6H2,1-5H3/t7-,12?/m0/s1. The summed E-state index contributed by atoms with van der Waals surface area (Å²) in [6.45, 7) is 5.74. The molecule has 0 saturated carbocycles. The van der Waals surface area contributed by atoms with E-state index in [1.165, 1.54) is 19.1 Å². The molecule has 2 amide bonds. The first-order valence-electron chi connectivity index (χ1n) is 5.07. The Bertz CT molecular complexity index is 298. The first-order chi connectivity index (χ1) is 7.26. The molecule has 0 bridgehead atoms. The van der Waals surface area contributed by atoms with Gasteiger partial charge in [0, 0.05) is 7.05 Å². The number of hydroxylamine groups is 2. The molecule has 1 saturated heterocycles. The quantitative estimate of drug-likeness (QED) is 0.515. The first kappa shape index (κ1) is 12.8. The van der Waals surface area contributed by atoms with Gasteiger partial charge in [-0.1, -0.05) is 0 Å². The number of likely N-dealkylation sites (N-methyl/N-ethyl adjacent to an activating group) is 1. The average molecular weight is 230 g/mol. The lowest BCUT2D eigenvalue weighted by Crippen LogP contribution is -2.34. The maximum Gasteiger partial charge on any atom is 0.411 e. The van der Waals surface area contributed by atoms with Crippen molar-refractivity contribution in [2.45, 2.75) is 32.4 Å². The van der Waals surface area contributed by atoms with Gasteiger partial charge in [0.1, 0.15) is 11.6 Å². The maximum atomic E-state index is 11.6. The van der Waals surface area contributed by atoms with Crippen LogP contribution in [0.15, 0.2) is 0 Å². The van der Waals surface area contributed by atoms with Crippen LogP contribution < -0.4 is 0 Å². The largest absolute Gasteiger partial charge is 0.444 e. The molecule has 1 fully saturated rings. The van der Waals surface area contributed by atoms with E-state index in [0.29, 0.717) is 6.54 Å². The molecular formula is C10H18N2O4. The monoisotopic (exact) mass is 230 g/mol. The van der Waals surface area contributed by atoms with Crippen LogP contribution in [0.2, 0.25) is 0 Å². The van der Waals surface area contributed by atoms with E-state index >= 15 is 0 Å². The zero-order chi connectivity index (χ0) is 12.5. The molecule has 0 aromatic carbocycles. The summed E-state index contributed by atoms with van der Waals surface area (Å²) in [6, 6.07) is -0.445. The fraction of sp³-hybridized carbons (Fsp3) is 0.800. The minimum absolute atomic E-state index is 0.242. The van der Waals surface area contributed by atoms with E-state index in [2.05, 4.69) is 0 Å². The van der Waals surface area contributed by atoms with Gasteiger partial charge in [-0.15, -0.1) is 0 Å². The van der Waals surface area contributed by atoms with Crippen LogP contribution >= 0.6 is 0 Å². The Labute approximate surface area is 95.0 Å². The Morgan fingerprint density at radius 2 is 1.94 bits per heavy atom. The molecule has 6 nitrogen and oxygen atoms in total. The molecule has 0 aromatic rings. The third kappa shape index (κ3) is 3.10. The van der Waals surface area contributed by atoms with Crippen LogP contribution in [0, 0.1) is 0 Å². The minimum Gasteiger partial charge on any atom is -0.444 e. The van der Waals surface area contributed by atoms with Gasteiger partial charge >= 0.3 is 6.09 Å². The summed E-state index contributed by atoms with van der Waals surface area (Å²) in [6.07, 6.45) is -0.463. The molecule has 1 rings (SSSR count). The molecule has 6 heteroatoms. The SMILES string of the molecule is CON(C)C(=O)[C@@H]1CN1C(=O)OC(C)(C)C. The Morgan fingerprint density at radius 1 is 1.38 bits per heavy atom. The van der Waals surface area contributed by atoms with Gasteiger partial charge < -0.3 is 4.74 Å². The number of amides is 2. The lowest BCUT2D eigenvalue weighted by Gasteiger charge is -2.20. The van der Waals surface area contributed by atoms with E-state index in [1.54, 1.807) is 20.8 Å². The summed E-state index contributed by atoms with van der Waals surface area (Å²) in [5, 5.41) is 1.11. The van der Waals surface area contributed by atoms with Gasteiger partial charge in [-0.2, -0.15) is 0 Å². The fourth-order valence-electron chi connectivity index (χ4n) is 1.17. The van der Waals surface area contributed by atoms with Crippen molar-refractivity contribution in [3.8, 4) is 0 Å². The molecule has 92 valence electrons. The molecule has 1 aliphatic rings. The van der Waals surface area contributed by atoms with Gasteiger partial charge in [0.25, 0.3) is 5.91 Å². The second kappa shape index (κ2) is 4.29. The van der Waals surface area contributed by atoms with Crippen LogP contribution in [0.4, 0.5) is 4.79 Å². The molecule has 1 aliphatic heterocycles. The van der Waals surface area contributed by atoms with Crippen molar-refractivity contribution < 1.29 is 19.2 Å². The van der Waals surface area contributed by atoms with E-state index in [-0.39, 0.29) is 5.91 Å². The van der Waals surface area contributed by atoms with Crippen LogP contribution in [0.1, 0.15) is 20.8 Å². The highest BCUT2D eigenvalue weighted by Crippen LogP contribution is 2.23. The van der Waals surface area contributed by atoms with Crippen molar-refractivity contribution in [1.82, 2.24) is 9.96 Å². The Kier molecular flexibility index (Phi) is 3.42. The van der Waals surface area contributed by atoms with E-state index < -0.39 is 17.7 Å². The Hall–Kier alpha value is -1.30. The van der Waals surface area contributed by atoms with E-state index in [9.17, 15) is 9.59 Å². The number of carbonyl (C=O) groups excluding carboxylic acids is 2. The van der Waals surface area contributed by atoms with E-state index in [1.807, 2.05) is 0 Å². The molecule has 0 unspecified atom stereocenters. The zero-order valence-corrected chi connectivity index (χ0v) is 10.3. The molecule has 1 heterocycles. The predicted octanol–water partition coefficient (Wildman–Crippen LogP) is 0.625. The molecule has 0 radical (unpaired) electrons. The van der Waals surface area contributed by atoms with Gasteiger partial charge in [-0.3, -0.25) is 14.5 Å². The summed E-state index contributed by atoms with van der Waals surface area (Å²) in [7, 11) is 2.91. The van der Waals surface area contributed by atoms with E-state index in [4.69, 9.17) is 9.57 Å². The molecule has 16 heavy (non-hydrogen) atoms. The second-order valence-corrected chi connectivity index (χ2v) is 4.67. The molecule has 0 aliphatic carbocycles.